The van der Waals surface area contributed by atoms with Crippen molar-refractivity contribution in [3.8, 4) is 0 Å². The van der Waals surface area contributed by atoms with E-state index in [9.17, 15) is 9.59 Å². The second kappa shape index (κ2) is 9.25. The van der Waals surface area contributed by atoms with E-state index in [1.807, 2.05) is 32.2 Å². The number of hydrogen-bond acceptors (Lipinski definition) is 4. The van der Waals surface area contributed by atoms with E-state index in [-0.39, 0.29) is 22.5 Å². The quantitative estimate of drug-likeness (QED) is 0.310. The van der Waals surface area contributed by atoms with Crippen molar-refractivity contribution in [1.29, 1.82) is 0 Å². The molecule has 0 spiro atoms. The summed E-state index contributed by atoms with van der Waals surface area (Å²) in [7, 11) is 0. The van der Waals surface area contributed by atoms with E-state index in [0.29, 0.717) is 13.1 Å². The molecule has 0 bridgehead atoms. The average molecular weight is 335 g/mol. The molecule has 2 amide bonds. The van der Waals surface area contributed by atoms with Gasteiger partial charge in [-0.05, 0) is 58.3 Å². The molecule has 1 rings (SSSR count). The van der Waals surface area contributed by atoms with Crippen LogP contribution in [0.25, 0.3) is 0 Å². The molecule has 5 nitrogen and oxygen atoms in total. The molecule has 0 unspecified atom stereocenters. The lowest BCUT2D eigenvalue weighted by molar-refractivity contribution is -0.133. The van der Waals surface area contributed by atoms with Crippen molar-refractivity contribution in [3.05, 3.63) is 36.1 Å². The third-order valence-corrected chi connectivity index (χ3v) is 4.08. The molecule has 0 saturated carbocycles. The van der Waals surface area contributed by atoms with Crippen LogP contribution in [-0.4, -0.2) is 57.8 Å². The highest BCUT2D eigenvalue weighted by Crippen LogP contribution is 2.17. The van der Waals surface area contributed by atoms with Gasteiger partial charge in [0, 0.05) is 26.2 Å². The van der Waals surface area contributed by atoms with Crippen molar-refractivity contribution < 1.29 is 9.59 Å². The highest BCUT2D eigenvalue weighted by molar-refractivity contribution is 7.80. The Bertz CT molecular complexity index is 520. The second-order valence-corrected chi connectivity index (χ2v) is 5.27. The average Bonchev–Trinajstić information content (AvgIpc) is 2.54. The second-order valence-electron chi connectivity index (χ2n) is 4.91. The van der Waals surface area contributed by atoms with Crippen LogP contribution in [0.2, 0.25) is 0 Å². The van der Waals surface area contributed by atoms with E-state index < -0.39 is 0 Å². The number of carbonyl (C=O) groups is 2. The van der Waals surface area contributed by atoms with Gasteiger partial charge in [-0.25, -0.2) is 0 Å². The molecule has 0 aromatic carbocycles. The Labute approximate surface area is 143 Å². The minimum absolute atomic E-state index is 0.148. The Hall–Kier alpha value is -1.95. The molecule has 1 saturated heterocycles. The monoisotopic (exact) mass is 335 g/mol. The molecule has 1 aliphatic heterocycles. The maximum Gasteiger partial charge on any atom is 0.265 e. The summed E-state index contributed by atoms with van der Waals surface area (Å²) in [5.41, 5.74) is 0.148. The fourth-order valence-corrected chi connectivity index (χ4v) is 2.65. The van der Waals surface area contributed by atoms with Crippen LogP contribution >= 0.6 is 12.2 Å². The van der Waals surface area contributed by atoms with Crippen LogP contribution in [0.5, 0.6) is 0 Å². The zero-order valence-corrected chi connectivity index (χ0v) is 15.1. The summed E-state index contributed by atoms with van der Waals surface area (Å²) in [6.45, 7) is 10.6. The van der Waals surface area contributed by atoms with E-state index in [0.717, 1.165) is 13.1 Å². The van der Waals surface area contributed by atoms with Crippen molar-refractivity contribution in [1.82, 2.24) is 14.7 Å². The molecule has 0 aromatic rings. The number of rotatable bonds is 7. The van der Waals surface area contributed by atoms with Crippen LogP contribution in [0.15, 0.2) is 36.1 Å². The minimum Gasteiger partial charge on any atom is -0.378 e. The smallest absolute Gasteiger partial charge is 0.265 e. The van der Waals surface area contributed by atoms with Crippen LogP contribution in [0.1, 0.15) is 27.7 Å². The van der Waals surface area contributed by atoms with E-state index in [4.69, 9.17) is 12.2 Å². The Morgan fingerprint density at radius 1 is 0.913 bits per heavy atom. The molecular formula is C17H25N3O2S. The summed E-state index contributed by atoms with van der Waals surface area (Å²) in [5, 5.41) is 0.285. The Kier molecular flexibility index (Phi) is 7.68. The number of carbonyl (C=O) groups excluding carboxylic acids is 2. The molecule has 1 fully saturated rings. The number of nitrogens with zero attached hydrogens (tertiary/aromatic N) is 3. The maximum atomic E-state index is 12.4. The van der Waals surface area contributed by atoms with Crippen LogP contribution in [0.3, 0.4) is 0 Å². The van der Waals surface area contributed by atoms with Crippen LogP contribution in [0, 0.1) is 0 Å². The first-order chi connectivity index (χ1) is 11.0. The number of allylic oxidation sites excluding steroid dienone is 4. The predicted octanol–water partition coefficient (Wildman–Crippen LogP) is 2.32. The molecule has 0 aromatic heterocycles. The molecule has 0 atom stereocenters. The van der Waals surface area contributed by atoms with E-state index >= 15 is 0 Å². The first kappa shape index (κ1) is 19.1. The van der Waals surface area contributed by atoms with Gasteiger partial charge in [0.05, 0.1) is 0 Å². The molecule has 23 heavy (non-hydrogen) atoms. The topological polar surface area (TPSA) is 43.9 Å². The molecule has 0 radical (unpaired) electrons. The fourth-order valence-electron chi connectivity index (χ4n) is 2.22. The van der Waals surface area contributed by atoms with Crippen molar-refractivity contribution >= 4 is 29.1 Å². The van der Waals surface area contributed by atoms with Gasteiger partial charge in [0.15, 0.2) is 5.11 Å². The lowest BCUT2D eigenvalue weighted by Crippen LogP contribution is -2.55. The first-order valence-corrected chi connectivity index (χ1v) is 8.39. The van der Waals surface area contributed by atoms with Gasteiger partial charge in [0.25, 0.3) is 11.8 Å². The van der Waals surface area contributed by atoms with Crippen LogP contribution < -0.4 is 0 Å². The Balaban J connectivity index is 2.93. The van der Waals surface area contributed by atoms with E-state index in [2.05, 4.69) is 18.7 Å². The summed E-state index contributed by atoms with van der Waals surface area (Å²) in [4.78, 5) is 29.8. The van der Waals surface area contributed by atoms with Crippen LogP contribution in [-0.2, 0) is 9.59 Å². The lowest BCUT2D eigenvalue weighted by Gasteiger charge is -2.35. The largest absolute Gasteiger partial charge is 0.378 e. The van der Waals surface area contributed by atoms with E-state index in [1.54, 1.807) is 12.2 Å². The van der Waals surface area contributed by atoms with Gasteiger partial charge in [0.1, 0.15) is 5.57 Å². The van der Waals surface area contributed by atoms with Gasteiger partial charge in [-0.1, -0.05) is 12.2 Å². The van der Waals surface area contributed by atoms with Crippen LogP contribution in [0.4, 0.5) is 0 Å². The summed E-state index contributed by atoms with van der Waals surface area (Å²) in [5.74, 6) is -0.658. The molecular weight excluding hydrogens is 310 g/mol. The summed E-state index contributed by atoms with van der Waals surface area (Å²) in [6, 6.07) is 0. The molecule has 1 aliphatic rings. The van der Waals surface area contributed by atoms with Crippen molar-refractivity contribution in [3.63, 3.8) is 0 Å². The summed E-state index contributed by atoms with van der Waals surface area (Å²) in [6.07, 6.45) is 8.95. The van der Waals surface area contributed by atoms with E-state index in [1.165, 1.54) is 9.80 Å². The number of likely N-dealkylation sites (N-methyl/N-ethyl adjacent to an activating group) is 2. The zero-order chi connectivity index (χ0) is 17.4. The molecule has 1 heterocycles. The Morgan fingerprint density at radius 3 is 1.87 bits per heavy atom. The summed E-state index contributed by atoms with van der Waals surface area (Å²) < 4.78 is 0. The van der Waals surface area contributed by atoms with Crippen molar-refractivity contribution in [2.24, 2.45) is 0 Å². The van der Waals surface area contributed by atoms with Gasteiger partial charge >= 0.3 is 0 Å². The Morgan fingerprint density at radius 2 is 1.43 bits per heavy atom. The van der Waals surface area contributed by atoms with Gasteiger partial charge in [-0.2, -0.15) is 0 Å². The van der Waals surface area contributed by atoms with Gasteiger partial charge in [-0.3, -0.25) is 19.4 Å². The van der Waals surface area contributed by atoms with Gasteiger partial charge in [0.2, 0.25) is 0 Å². The minimum atomic E-state index is -0.329. The standard InChI is InChI=1S/C17H25N3O2S/c1-5-18(6-2)13-11-9-10-12-14-15(21)19(7-3)17(23)20(8-4)16(14)22/h9-13H,5-8H2,1-4H3/b10-9+,13-11+. The predicted molar refractivity (Wildman–Crippen MR) is 96.7 cm³/mol. The highest BCUT2D eigenvalue weighted by Gasteiger charge is 2.37. The van der Waals surface area contributed by atoms with Crippen molar-refractivity contribution in [2.45, 2.75) is 27.7 Å². The normalized spacial score (nSPS) is 16.2. The third-order valence-electron chi connectivity index (χ3n) is 3.64. The molecule has 6 heteroatoms. The van der Waals surface area contributed by atoms with Crippen molar-refractivity contribution in [2.75, 3.05) is 26.2 Å². The highest BCUT2D eigenvalue weighted by atomic mass is 32.1. The maximum absolute atomic E-state index is 12.4. The first-order valence-electron chi connectivity index (χ1n) is 7.98. The van der Waals surface area contributed by atoms with Gasteiger partial charge < -0.3 is 4.90 Å². The molecule has 0 aliphatic carbocycles. The number of thiocarbonyl (C=S) groups is 1. The number of hydrogen-bond donors (Lipinski definition) is 0. The number of amides is 2. The van der Waals surface area contributed by atoms with Gasteiger partial charge in [-0.15, -0.1) is 0 Å². The lowest BCUT2D eigenvalue weighted by atomic mass is 10.1. The summed E-state index contributed by atoms with van der Waals surface area (Å²) >= 11 is 5.21. The molecule has 0 N–H and O–H groups in total. The fraction of sp³-hybridized carbons (Fsp3) is 0.471. The molecule has 126 valence electrons. The third kappa shape index (κ3) is 4.51. The SMILES string of the molecule is CCN(/C=C/C=C/C=C1C(=O)N(CC)C(=S)N(CC)C1=O)CC. The zero-order valence-electron chi connectivity index (χ0n) is 14.3.